The summed E-state index contributed by atoms with van der Waals surface area (Å²) in [7, 11) is 0. The van der Waals surface area contributed by atoms with Gasteiger partial charge in [-0.25, -0.2) is 4.98 Å². The van der Waals surface area contributed by atoms with Crippen molar-refractivity contribution < 1.29 is 5.11 Å². The quantitative estimate of drug-likeness (QED) is 0.911. The number of aromatic nitrogens is 2. The molecule has 0 aliphatic carbocycles. The van der Waals surface area contributed by atoms with E-state index in [1.165, 1.54) is 18.0 Å². The highest BCUT2D eigenvalue weighted by Crippen LogP contribution is 2.42. The Labute approximate surface area is 126 Å². The summed E-state index contributed by atoms with van der Waals surface area (Å²) < 4.78 is 4.31. The minimum atomic E-state index is 0.170. The molecule has 1 atom stereocenters. The zero-order valence-electron chi connectivity index (χ0n) is 11.4. The first-order valence-electron chi connectivity index (χ1n) is 6.76. The smallest absolute Gasteiger partial charge is 0.149 e. The van der Waals surface area contributed by atoms with Crippen molar-refractivity contribution in [2.24, 2.45) is 0 Å². The molecule has 0 saturated carbocycles. The maximum atomic E-state index is 9.59. The Morgan fingerprint density at radius 2 is 2.35 bits per heavy atom. The number of nitrogens with zero attached hydrogens (tertiary/aromatic N) is 3. The normalized spacial score (nSPS) is 19.5. The Morgan fingerprint density at radius 1 is 1.50 bits per heavy atom. The molecule has 2 aromatic rings. The van der Waals surface area contributed by atoms with Gasteiger partial charge in [0.05, 0.1) is 18.2 Å². The van der Waals surface area contributed by atoms with Crippen LogP contribution in [0.5, 0.6) is 0 Å². The molecule has 1 aliphatic heterocycles. The molecule has 20 heavy (non-hydrogen) atoms. The molecular formula is C13H18N4OS2. The maximum absolute atomic E-state index is 9.59. The zero-order valence-corrected chi connectivity index (χ0v) is 13.0. The van der Waals surface area contributed by atoms with Gasteiger partial charge in [-0.3, -0.25) is 0 Å². The summed E-state index contributed by atoms with van der Waals surface area (Å²) in [6, 6.07) is 0.170. The second-order valence-corrected chi connectivity index (χ2v) is 6.68. The number of nitrogen functional groups attached to an aromatic ring is 1. The summed E-state index contributed by atoms with van der Waals surface area (Å²) in [5, 5.41) is 13.6. The first-order chi connectivity index (χ1) is 9.70. The minimum Gasteiger partial charge on any atom is -0.394 e. The maximum Gasteiger partial charge on any atom is 0.149 e. The van der Waals surface area contributed by atoms with Gasteiger partial charge in [0.2, 0.25) is 0 Å². The lowest BCUT2D eigenvalue weighted by molar-refractivity contribution is 0.240. The van der Waals surface area contributed by atoms with Gasteiger partial charge in [-0.05, 0) is 37.7 Å². The van der Waals surface area contributed by atoms with Crippen LogP contribution in [-0.4, -0.2) is 33.7 Å². The molecule has 2 aromatic heterocycles. The molecule has 5 nitrogen and oxygen atoms in total. The summed E-state index contributed by atoms with van der Waals surface area (Å²) in [5.74, 6) is 0.543. The molecule has 0 aromatic carbocycles. The number of anilines is 2. The SMILES string of the molecule is Cc1csc(-c2c(N)nsc2N2CCCCC2CO)n1. The van der Waals surface area contributed by atoms with Gasteiger partial charge in [0.1, 0.15) is 15.8 Å². The van der Waals surface area contributed by atoms with Crippen molar-refractivity contribution >= 4 is 33.7 Å². The average Bonchev–Trinajstić information content (AvgIpc) is 3.04. The van der Waals surface area contributed by atoms with Gasteiger partial charge >= 0.3 is 0 Å². The van der Waals surface area contributed by atoms with Crippen LogP contribution in [0, 0.1) is 6.92 Å². The summed E-state index contributed by atoms with van der Waals surface area (Å²) >= 11 is 3.01. The van der Waals surface area contributed by atoms with E-state index in [2.05, 4.69) is 14.3 Å². The summed E-state index contributed by atoms with van der Waals surface area (Å²) in [5.41, 5.74) is 7.99. The van der Waals surface area contributed by atoms with Crippen molar-refractivity contribution in [1.29, 1.82) is 0 Å². The molecule has 3 N–H and O–H groups in total. The lowest BCUT2D eigenvalue weighted by Gasteiger charge is -2.35. The van der Waals surface area contributed by atoms with E-state index >= 15 is 0 Å². The van der Waals surface area contributed by atoms with E-state index in [0.29, 0.717) is 5.82 Å². The van der Waals surface area contributed by atoms with Crippen LogP contribution in [0.1, 0.15) is 25.0 Å². The third kappa shape index (κ3) is 2.41. The molecule has 3 rings (SSSR count). The Morgan fingerprint density at radius 3 is 3.05 bits per heavy atom. The fraction of sp³-hybridized carbons (Fsp3) is 0.538. The lowest BCUT2D eigenvalue weighted by Crippen LogP contribution is -2.41. The molecule has 0 bridgehead atoms. The predicted octanol–water partition coefficient (Wildman–Crippen LogP) is 2.51. The number of rotatable bonds is 3. The van der Waals surface area contributed by atoms with Crippen LogP contribution < -0.4 is 10.6 Å². The van der Waals surface area contributed by atoms with Crippen LogP contribution in [0.15, 0.2) is 5.38 Å². The molecule has 0 radical (unpaired) electrons. The highest BCUT2D eigenvalue weighted by molar-refractivity contribution is 7.15. The van der Waals surface area contributed by atoms with Crippen molar-refractivity contribution in [2.45, 2.75) is 32.2 Å². The first-order valence-corrected chi connectivity index (χ1v) is 8.41. The number of nitrogens with two attached hydrogens (primary N) is 1. The monoisotopic (exact) mass is 310 g/mol. The zero-order chi connectivity index (χ0) is 14.1. The van der Waals surface area contributed by atoms with E-state index in [-0.39, 0.29) is 12.6 Å². The van der Waals surface area contributed by atoms with Gasteiger partial charge in [0, 0.05) is 17.6 Å². The van der Waals surface area contributed by atoms with Crippen molar-refractivity contribution in [2.75, 3.05) is 23.8 Å². The van der Waals surface area contributed by atoms with Gasteiger partial charge in [0.25, 0.3) is 0 Å². The molecule has 1 aliphatic rings. The fourth-order valence-electron chi connectivity index (χ4n) is 2.62. The second-order valence-electron chi connectivity index (χ2n) is 5.07. The first kappa shape index (κ1) is 13.8. The Bertz CT molecular complexity index is 595. The highest BCUT2D eigenvalue weighted by atomic mass is 32.1. The van der Waals surface area contributed by atoms with E-state index in [9.17, 15) is 5.11 Å². The van der Waals surface area contributed by atoms with Gasteiger partial charge in [-0.15, -0.1) is 11.3 Å². The van der Waals surface area contributed by atoms with Gasteiger partial charge in [-0.1, -0.05) is 0 Å². The number of aliphatic hydroxyl groups is 1. The molecule has 1 unspecified atom stereocenters. The molecule has 108 valence electrons. The van der Waals surface area contributed by atoms with Crippen LogP contribution in [0.4, 0.5) is 10.8 Å². The van der Waals surface area contributed by atoms with Crippen LogP contribution >= 0.6 is 22.9 Å². The number of hydrogen-bond acceptors (Lipinski definition) is 7. The van der Waals surface area contributed by atoms with E-state index in [1.54, 1.807) is 11.3 Å². The third-order valence-corrected chi connectivity index (χ3v) is 5.51. The number of hydrogen-bond donors (Lipinski definition) is 2. The van der Waals surface area contributed by atoms with E-state index in [4.69, 9.17) is 5.73 Å². The van der Waals surface area contributed by atoms with Crippen LogP contribution in [-0.2, 0) is 0 Å². The number of aliphatic hydroxyl groups excluding tert-OH is 1. The van der Waals surface area contributed by atoms with Crippen LogP contribution in [0.3, 0.4) is 0 Å². The summed E-state index contributed by atoms with van der Waals surface area (Å²) in [6.07, 6.45) is 3.33. The van der Waals surface area contributed by atoms with Gasteiger partial charge < -0.3 is 15.7 Å². The largest absolute Gasteiger partial charge is 0.394 e. The summed E-state index contributed by atoms with van der Waals surface area (Å²) in [4.78, 5) is 6.79. The molecule has 0 spiro atoms. The second kappa shape index (κ2) is 5.67. The third-order valence-electron chi connectivity index (χ3n) is 3.63. The van der Waals surface area contributed by atoms with Crippen LogP contribution in [0.2, 0.25) is 0 Å². The molecule has 1 saturated heterocycles. The molecule has 0 amide bonds. The topological polar surface area (TPSA) is 75.3 Å². The molecular weight excluding hydrogens is 292 g/mol. The average molecular weight is 310 g/mol. The van der Waals surface area contributed by atoms with Crippen molar-refractivity contribution in [3.63, 3.8) is 0 Å². The number of thiazole rings is 1. The Balaban J connectivity index is 2.01. The van der Waals surface area contributed by atoms with E-state index in [0.717, 1.165) is 40.7 Å². The van der Waals surface area contributed by atoms with Crippen molar-refractivity contribution in [1.82, 2.24) is 9.36 Å². The van der Waals surface area contributed by atoms with E-state index < -0.39 is 0 Å². The summed E-state index contributed by atoms with van der Waals surface area (Å²) in [6.45, 7) is 3.10. The van der Waals surface area contributed by atoms with Crippen LogP contribution in [0.25, 0.3) is 10.6 Å². The van der Waals surface area contributed by atoms with Crippen molar-refractivity contribution in [3.8, 4) is 10.6 Å². The predicted molar refractivity (Wildman–Crippen MR) is 84.4 cm³/mol. The standard InChI is InChI=1S/C13H18N4OS2/c1-8-7-19-12(15-8)10-11(14)16-20-13(10)17-5-3-2-4-9(17)6-18/h7,9,18H,2-6H2,1H3,(H2,14,16). The fourth-order valence-corrected chi connectivity index (χ4v) is 4.45. The minimum absolute atomic E-state index is 0.170. The molecule has 3 heterocycles. The molecule has 1 fully saturated rings. The Hall–Kier alpha value is -1.18. The number of piperidine rings is 1. The Kier molecular flexibility index (Phi) is 3.91. The van der Waals surface area contributed by atoms with Gasteiger partial charge in [0.15, 0.2) is 0 Å². The van der Waals surface area contributed by atoms with Crippen molar-refractivity contribution in [3.05, 3.63) is 11.1 Å². The highest BCUT2D eigenvalue weighted by Gasteiger charge is 2.28. The molecule has 7 heteroatoms. The lowest BCUT2D eigenvalue weighted by atomic mass is 10.0. The number of aryl methyl sites for hydroxylation is 1. The van der Waals surface area contributed by atoms with E-state index in [1.807, 2.05) is 12.3 Å². The van der Waals surface area contributed by atoms with Gasteiger partial charge in [-0.2, -0.15) is 4.37 Å².